The van der Waals surface area contributed by atoms with Crippen LogP contribution in [-0.2, 0) is 11.8 Å². The van der Waals surface area contributed by atoms with Crippen LogP contribution in [0.3, 0.4) is 0 Å². The lowest BCUT2D eigenvalue weighted by atomic mass is 10.4. The van der Waals surface area contributed by atoms with Crippen LogP contribution in [0.15, 0.2) is 4.76 Å². The van der Waals surface area contributed by atoms with Gasteiger partial charge in [-0.3, -0.25) is 0 Å². The van der Waals surface area contributed by atoms with Crippen molar-refractivity contribution in [3.05, 3.63) is 0 Å². The fourth-order valence-electron chi connectivity index (χ4n) is 1.06. The summed E-state index contributed by atoms with van der Waals surface area (Å²) in [7, 11) is 0. The van der Waals surface area contributed by atoms with Gasteiger partial charge in [0.1, 0.15) is 0 Å². The second-order valence-corrected chi connectivity index (χ2v) is 10.1. The average molecular weight is 266 g/mol. The molecule has 0 aromatic heterocycles. The monoisotopic (exact) mass is 264 g/mol. The van der Waals surface area contributed by atoms with Crippen LogP contribution in [0, 0.1) is 0 Å². The van der Waals surface area contributed by atoms with Crippen LogP contribution in [0.5, 0.6) is 0 Å². The quantitative estimate of drug-likeness (QED) is 0.313. The van der Waals surface area contributed by atoms with Crippen LogP contribution in [0.2, 0.25) is 0 Å². The van der Waals surface area contributed by atoms with Gasteiger partial charge in [0.05, 0.1) is 0 Å². The zero-order valence-electron chi connectivity index (χ0n) is 6.21. The summed E-state index contributed by atoms with van der Waals surface area (Å²) in [5.74, 6) is 0. The predicted molar refractivity (Wildman–Crippen MR) is 60.1 cm³/mol. The van der Waals surface area contributed by atoms with Gasteiger partial charge in [-0.15, -0.1) is 0 Å². The molecule has 12 heavy (non-hydrogen) atoms. The number of rotatable bonds is 1. The molecule has 0 bridgehead atoms. The molecule has 0 aliphatic carbocycles. The maximum absolute atomic E-state index is 5.84. The average Bonchev–Trinajstić information content (AvgIpc) is 2.32. The summed E-state index contributed by atoms with van der Waals surface area (Å²) in [5.41, 5.74) is 0. The zero-order chi connectivity index (χ0) is 9.19. The van der Waals surface area contributed by atoms with Gasteiger partial charge in [-0.2, -0.15) is 4.76 Å². The maximum atomic E-state index is 5.84. The van der Waals surface area contributed by atoms with E-state index in [0.717, 1.165) is 25.9 Å². The number of halogens is 3. The minimum atomic E-state index is -2.58. The Morgan fingerprint density at radius 1 is 1.33 bits per heavy atom. The molecular weight excluding hydrogens is 257 g/mol. The summed E-state index contributed by atoms with van der Waals surface area (Å²) in [6.45, 7) is 1.84. The summed E-state index contributed by atoms with van der Waals surface area (Å²) in [6, 6.07) is 0. The Labute approximate surface area is 91.5 Å². The minimum Gasteiger partial charge on any atom is -0.347 e. The molecule has 1 saturated heterocycles. The molecule has 70 valence electrons. The van der Waals surface area contributed by atoms with E-state index in [9.17, 15) is 0 Å². The number of hydrogen-bond acceptors (Lipinski definition) is 1. The topological polar surface area (TPSA) is 15.6 Å². The van der Waals surface area contributed by atoms with Crippen molar-refractivity contribution in [3.8, 4) is 0 Å². The van der Waals surface area contributed by atoms with Gasteiger partial charge in [0.15, 0.2) is 5.29 Å². The van der Waals surface area contributed by atoms with Crippen LogP contribution in [0.4, 0.5) is 0 Å². The molecule has 0 aromatic carbocycles. The Bertz CT molecular complexity index is 233. The summed E-state index contributed by atoms with van der Waals surface area (Å²) in [4.78, 5) is -0.644. The highest BCUT2D eigenvalue weighted by Crippen LogP contribution is 2.59. The Balaban J connectivity index is 2.62. The molecule has 7 heteroatoms. The van der Waals surface area contributed by atoms with Gasteiger partial charge in [0.2, 0.25) is 4.89 Å². The fraction of sp³-hybridized carbons (Fsp3) is 0.800. The van der Waals surface area contributed by atoms with E-state index in [1.54, 1.807) is 0 Å². The molecular formula is C5H8Cl3N2PS. The molecule has 0 spiro atoms. The van der Waals surface area contributed by atoms with Crippen molar-refractivity contribution in [1.82, 2.24) is 4.90 Å². The van der Waals surface area contributed by atoms with E-state index >= 15 is 0 Å². The van der Waals surface area contributed by atoms with E-state index in [1.165, 1.54) is 0 Å². The Kier molecular flexibility index (Phi) is 4.13. The van der Waals surface area contributed by atoms with Crippen molar-refractivity contribution in [1.29, 1.82) is 0 Å². The molecule has 1 rings (SSSR count). The lowest BCUT2D eigenvalue weighted by Crippen LogP contribution is -2.22. The molecule has 0 N–H and O–H groups in total. The largest absolute Gasteiger partial charge is 0.347 e. The van der Waals surface area contributed by atoms with E-state index in [1.807, 2.05) is 4.90 Å². The van der Waals surface area contributed by atoms with Crippen molar-refractivity contribution in [2.75, 3.05) is 13.1 Å². The van der Waals surface area contributed by atoms with Crippen LogP contribution >= 0.6 is 39.0 Å². The molecule has 0 atom stereocenters. The lowest BCUT2D eigenvalue weighted by molar-refractivity contribution is 0.530. The van der Waals surface area contributed by atoms with Crippen LogP contribution in [-0.4, -0.2) is 23.3 Å². The van der Waals surface area contributed by atoms with E-state index in [4.69, 9.17) is 45.9 Å². The fourth-order valence-corrected chi connectivity index (χ4v) is 2.92. The zero-order valence-corrected chi connectivity index (χ0v) is 10.2. The first kappa shape index (κ1) is 11.1. The predicted octanol–water partition coefficient (Wildman–Crippen LogP) is 3.38. The summed E-state index contributed by atoms with van der Waals surface area (Å²) in [5, 5.41) is 0.362. The number of likely N-dealkylation sites (tertiary alicyclic amines) is 1. The molecule has 1 aliphatic rings. The second-order valence-electron chi connectivity index (χ2n) is 2.50. The molecule has 0 saturated carbocycles. The van der Waals surface area contributed by atoms with Gasteiger partial charge < -0.3 is 4.90 Å². The third-order valence-corrected chi connectivity index (χ3v) is 3.13. The molecule has 1 fully saturated rings. The van der Waals surface area contributed by atoms with Gasteiger partial charge in [0, 0.05) is 13.1 Å². The molecule has 1 aliphatic heterocycles. The van der Waals surface area contributed by atoms with Crippen molar-refractivity contribution in [2.24, 2.45) is 4.76 Å². The van der Waals surface area contributed by atoms with Crippen molar-refractivity contribution in [2.45, 2.75) is 12.8 Å². The van der Waals surface area contributed by atoms with Gasteiger partial charge in [-0.05, 0) is 58.7 Å². The number of amidine groups is 1. The van der Waals surface area contributed by atoms with Gasteiger partial charge >= 0.3 is 0 Å². The van der Waals surface area contributed by atoms with Crippen LogP contribution < -0.4 is 0 Å². The minimum absolute atomic E-state index is 0.362. The van der Waals surface area contributed by atoms with E-state index < -0.39 is 4.89 Å². The molecule has 0 amide bonds. The Hall–Kier alpha value is 0.990. The van der Waals surface area contributed by atoms with Gasteiger partial charge in [0.25, 0.3) is 0 Å². The van der Waals surface area contributed by atoms with Crippen LogP contribution in [0.1, 0.15) is 12.8 Å². The molecule has 0 radical (unpaired) electrons. The number of hydrogen-bond donors (Lipinski definition) is 0. The summed E-state index contributed by atoms with van der Waals surface area (Å²) in [6.07, 6.45) is 2.28. The maximum Gasteiger partial charge on any atom is 0.228 e. The van der Waals surface area contributed by atoms with Crippen molar-refractivity contribution >= 4 is 56.1 Å². The highest BCUT2D eigenvalue weighted by Gasteiger charge is 2.16. The van der Waals surface area contributed by atoms with E-state index in [0.29, 0.717) is 5.29 Å². The highest BCUT2D eigenvalue weighted by molar-refractivity contribution is 8.38. The van der Waals surface area contributed by atoms with E-state index in [-0.39, 0.29) is 0 Å². The Morgan fingerprint density at radius 2 is 1.83 bits per heavy atom. The third-order valence-electron chi connectivity index (χ3n) is 1.57. The molecule has 0 unspecified atom stereocenters. The normalized spacial score (nSPS) is 20.2. The Morgan fingerprint density at radius 3 is 2.25 bits per heavy atom. The molecule has 0 aromatic rings. The van der Waals surface area contributed by atoms with Crippen molar-refractivity contribution < 1.29 is 0 Å². The SMILES string of the molecule is S=P(Cl)(Cl)/N=C(\Cl)N1CCCC1. The summed E-state index contributed by atoms with van der Waals surface area (Å²) >= 11 is 21.8. The number of nitrogens with zero attached hydrogens (tertiary/aromatic N) is 2. The molecule has 2 nitrogen and oxygen atoms in total. The third kappa shape index (κ3) is 3.80. The first-order valence-corrected chi connectivity index (χ1v) is 8.43. The van der Waals surface area contributed by atoms with Gasteiger partial charge in [-0.25, -0.2) is 0 Å². The second kappa shape index (κ2) is 4.47. The first-order valence-electron chi connectivity index (χ1n) is 3.49. The lowest BCUT2D eigenvalue weighted by Gasteiger charge is -2.14. The van der Waals surface area contributed by atoms with Gasteiger partial charge in [-0.1, -0.05) is 0 Å². The van der Waals surface area contributed by atoms with Crippen LogP contribution in [0.25, 0.3) is 0 Å². The standard InChI is InChI=1S/C5H8Cl3N2PS/c6-5(9-11(7,8)12)10-3-1-2-4-10/h1-4H2/b9-5+. The van der Waals surface area contributed by atoms with E-state index in [2.05, 4.69) is 4.76 Å². The highest BCUT2D eigenvalue weighted by atomic mass is 35.9. The van der Waals surface area contributed by atoms with Crippen molar-refractivity contribution in [3.63, 3.8) is 0 Å². The molecule has 1 heterocycles. The first-order chi connectivity index (χ1) is 5.49. The summed E-state index contributed by atoms with van der Waals surface area (Å²) < 4.78 is 3.86. The smallest absolute Gasteiger partial charge is 0.228 e.